The molecule has 0 aromatic heterocycles. The maximum Gasteiger partial charge on any atom is 0.466 e. The summed E-state index contributed by atoms with van der Waals surface area (Å²) in [5, 5.41) is 0. The maximum atomic E-state index is 8.88. The van der Waals surface area contributed by atoms with E-state index in [1.165, 1.54) is 12.8 Å². The SMILES string of the molecule is C=O.CCCC.O=P(O)(O)O.O=P(O)(O)O.O=P(O)(O)O. The van der Waals surface area contributed by atoms with Crippen molar-refractivity contribution in [2.75, 3.05) is 0 Å². The van der Waals surface area contributed by atoms with Crippen LogP contribution in [0.25, 0.3) is 0 Å². The minimum absolute atomic E-state index is 1.32. The van der Waals surface area contributed by atoms with Crippen LogP contribution in [0.5, 0.6) is 0 Å². The standard InChI is InChI=1S/C4H10.CH2O.3H3O4P/c1-3-4-2;1-2;3*1-5(2,3)4/h3-4H2,1-2H3;1H2;3*(H3,1,2,3,4). The lowest BCUT2D eigenvalue weighted by molar-refractivity contribution is -0.0980. The molecule has 0 fully saturated rings. The van der Waals surface area contributed by atoms with E-state index in [-0.39, 0.29) is 0 Å². The van der Waals surface area contributed by atoms with Gasteiger partial charge in [-0.05, 0) is 0 Å². The zero-order valence-corrected chi connectivity index (χ0v) is 13.8. The second-order valence-corrected chi connectivity index (χ2v) is 5.62. The van der Waals surface area contributed by atoms with Crippen molar-refractivity contribution in [1.29, 1.82) is 0 Å². The Bertz CT molecular complexity index is 250. The summed E-state index contributed by atoms with van der Waals surface area (Å²) in [5.74, 6) is 0. The molecule has 0 unspecified atom stereocenters. The lowest BCUT2D eigenvalue weighted by Gasteiger charge is -1.82. The van der Waals surface area contributed by atoms with Crippen molar-refractivity contribution in [3.05, 3.63) is 0 Å². The predicted molar refractivity (Wildman–Crippen MR) is 70.5 cm³/mol. The van der Waals surface area contributed by atoms with Crippen molar-refractivity contribution in [2.24, 2.45) is 0 Å². The highest BCUT2D eigenvalue weighted by molar-refractivity contribution is 7.45. The van der Waals surface area contributed by atoms with E-state index in [0.29, 0.717) is 0 Å². The number of hydrogen-bond acceptors (Lipinski definition) is 4. The van der Waals surface area contributed by atoms with Gasteiger partial charge in [0.05, 0.1) is 0 Å². The van der Waals surface area contributed by atoms with Gasteiger partial charge in [-0.1, -0.05) is 26.7 Å². The van der Waals surface area contributed by atoms with E-state index in [1.54, 1.807) is 0 Å². The zero-order valence-electron chi connectivity index (χ0n) is 11.1. The largest absolute Gasteiger partial charge is 0.466 e. The van der Waals surface area contributed by atoms with Crippen LogP contribution in [0.1, 0.15) is 26.7 Å². The monoisotopic (exact) mass is 382 g/mol. The molecule has 0 bridgehead atoms. The average molecular weight is 382 g/mol. The summed E-state index contributed by atoms with van der Waals surface area (Å²) in [7, 11) is -13.9. The van der Waals surface area contributed by atoms with Crippen LogP contribution in [0.2, 0.25) is 0 Å². The average Bonchev–Trinajstić information content (AvgIpc) is 2.12. The van der Waals surface area contributed by atoms with E-state index >= 15 is 0 Å². The molecule has 0 radical (unpaired) electrons. The van der Waals surface area contributed by atoms with Gasteiger partial charge in [0.25, 0.3) is 0 Å². The highest BCUT2D eigenvalue weighted by atomic mass is 31.2. The number of unbranched alkanes of at least 4 members (excludes halogenated alkanes) is 1. The summed E-state index contributed by atoms with van der Waals surface area (Å²) in [6.45, 7) is 6.36. The van der Waals surface area contributed by atoms with E-state index in [9.17, 15) is 0 Å². The molecule has 0 aliphatic rings. The van der Waals surface area contributed by atoms with Crippen molar-refractivity contribution >= 4 is 30.3 Å². The van der Waals surface area contributed by atoms with Gasteiger partial charge in [0, 0.05) is 0 Å². The molecule has 21 heavy (non-hydrogen) atoms. The van der Waals surface area contributed by atoms with Gasteiger partial charge in [0.1, 0.15) is 6.79 Å². The van der Waals surface area contributed by atoms with Gasteiger partial charge in [-0.15, -0.1) is 0 Å². The fourth-order valence-corrected chi connectivity index (χ4v) is 0. The molecular weight excluding hydrogens is 361 g/mol. The first-order chi connectivity index (χ1) is 8.91. The molecule has 0 spiro atoms. The second-order valence-electron chi connectivity index (χ2n) is 2.54. The molecule has 134 valence electrons. The summed E-state index contributed by atoms with van der Waals surface area (Å²) < 4.78 is 26.6. The number of rotatable bonds is 1. The fraction of sp³-hybridized carbons (Fsp3) is 0.800. The lowest BCUT2D eigenvalue weighted by Crippen LogP contribution is -1.66. The van der Waals surface area contributed by atoms with Gasteiger partial charge in [-0.25, -0.2) is 13.7 Å². The summed E-state index contributed by atoms with van der Waals surface area (Å²) in [6, 6.07) is 0. The van der Waals surface area contributed by atoms with Crippen LogP contribution < -0.4 is 0 Å². The molecule has 0 rings (SSSR count). The van der Waals surface area contributed by atoms with Crippen LogP contribution in [-0.2, 0) is 18.5 Å². The quantitative estimate of drug-likeness (QED) is 0.243. The van der Waals surface area contributed by atoms with Crippen molar-refractivity contribution < 1.29 is 62.5 Å². The van der Waals surface area contributed by atoms with Crippen molar-refractivity contribution in [3.63, 3.8) is 0 Å². The zero-order chi connectivity index (χ0) is 18.9. The molecule has 9 N–H and O–H groups in total. The van der Waals surface area contributed by atoms with Crippen LogP contribution in [0.15, 0.2) is 0 Å². The summed E-state index contributed by atoms with van der Waals surface area (Å²) in [6.07, 6.45) is 2.64. The Kier molecular flexibility index (Phi) is 28.2. The predicted octanol–water partition coefficient (Wildman–Crippen LogP) is -1.16. The molecule has 0 heterocycles. The molecule has 0 aliphatic carbocycles. The van der Waals surface area contributed by atoms with Crippen LogP contribution in [0, 0.1) is 0 Å². The summed E-state index contributed by atoms with van der Waals surface area (Å²) >= 11 is 0. The molecule has 0 aliphatic heterocycles. The highest BCUT2D eigenvalue weighted by Gasteiger charge is 2.01. The second kappa shape index (κ2) is 18.1. The van der Waals surface area contributed by atoms with E-state index in [0.717, 1.165) is 0 Å². The molecule has 16 heteroatoms. The number of carbonyl (C=O) groups is 1. The third kappa shape index (κ3) is 6480. The third-order valence-electron chi connectivity index (χ3n) is 0.500. The van der Waals surface area contributed by atoms with Crippen molar-refractivity contribution in [3.8, 4) is 0 Å². The van der Waals surface area contributed by atoms with Crippen LogP contribution >= 0.6 is 23.5 Å². The van der Waals surface area contributed by atoms with Gasteiger partial charge in [0.15, 0.2) is 0 Å². The number of carbonyl (C=O) groups excluding carboxylic acids is 1. The van der Waals surface area contributed by atoms with E-state index in [4.69, 9.17) is 62.5 Å². The Hall–Kier alpha value is -0.0000000000000000694. The molecule has 0 aromatic carbocycles. The van der Waals surface area contributed by atoms with Gasteiger partial charge < -0.3 is 48.8 Å². The molecule has 0 aromatic rings. The first-order valence-corrected chi connectivity index (χ1v) is 9.25. The minimum atomic E-state index is -4.64. The van der Waals surface area contributed by atoms with E-state index in [2.05, 4.69) is 13.8 Å². The maximum absolute atomic E-state index is 8.88. The topological polar surface area (TPSA) is 250 Å². The Labute approximate surface area is 120 Å². The molecule has 13 nitrogen and oxygen atoms in total. The first-order valence-electron chi connectivity index (χ1n) is 4.55. The van der Waals surface area contributed by atoms with Crippen LogP contribution in [0.4, 0.5) is 0 Å². The summed E-state index contributed by atoms with van der Waals surface area (Å²) in [5.41, 5.74) is 0. The van der Waals surface area contributed by atoms with Gasteiger partial charge in [0.2, 0.25) is 0 Å². The Morgan fingerprint density at radius 3 is 0.619 bits per heavy atom. The smallest absolute Gasteiger partial charge is 0.307 e. The highest BCUT2D eigenvalue weighted by Crippen LogP contribution is 2.26. The van der Waals surface area contributed by atoms with Crippen LogP contribution in [-0.4, -0.2) is 50.8 Å². The first kappa shape index (κ1) is 32.8. The van der Waals surface area contributed by atoms with Gasteiger partial charge in [-0.3, -0.25) is 0 Å². The Balaban J connectivity index is -0.0000000522. The Morgan fingerprint density at radius 2 is 0.619 bits per heavy atom. The molecule has 0 saturated carbocycles. The van der Waals surface area contributed by atoms with Crippen molar-refractivity contribution in [1.82, 2.24) is 0 Å². The molecule has 0 atom stereocenters. The van der Waals surface area contributed by atoms with Crippen LogP contribution in [0.3, 0.4) is 0 Å². The van der Waals surface area contributed by atoms with E-state index in [1.807, 2.05) is 6.79 Å². The normalized spacial score (nSPS) is 10.0. The number of hydrogen-bond donors (Lipinski definition) is 9. The molecular formula is C5H21O13P3. The minimum Gasteiger partial charge on any atom is -0.307 e. The Morgan fingerprint density at radius 1 is 0.571 bits per heavy atom. The van der Waals surface area contributed by atoms with E-state index < -0.39 is 23.5 Å². The molecule has 0 saturated heterocycles. The van der Waals surface area contributed by atoms with Gasteiger partial charge in [-0.2, -0.15) is 0 Å². The lowest BCUT2D eigenvalue weighted by atomic mass is 10.4. The van der Waals surface area contributed by atoms with Gasteiger partial charge >= 0.3 is 23.5 Å². The number of phosphoric acid groups is 3. The summed E-state index contributed by atoms with van der Waals surface area (Å²) in [4.78, 5) is 72.7. The molecule has 0 amide bonds. The van der Waals surface area contributed by atoms with Crippen molar-refractivity contribution in [2.45, 2.75) is 26.7 Å². The third-order valence-corrected chi connectivity index (χ3v) is 0.500. The fourth-order valence-electron chi connectivity index (χ4n) is 0.